The number of Topliss-reactive ketones (excluding diaryl/α,β-unsaturated/α-hetero) is 1. The van der Waals surface area contributed by atoms with E-state index in [0.29, 0.717) is 10.6 Å². The van der Waals surface area contributed by atoms with Crippen LogP contribution in [0.15, 0.2) is 46.9 Å². The molecule has 2 rings (SSSR count). The monoisotopic (exact) mass is 381 g/mol. The number of hydrogen-bond acceptors (Lipinski definition) is 4. The zero-order valence-electron chi connectivity index (χ0n) is 11.7. The van der Waals surface area contributed by atoms with Gasteiger partial charge in [-0.05, 0) is 37.3 Å². The Hall–Kier alpha value is -1.85. The first-order valence-electron chi connectivity index (χ1n) is 6.44. The second kappa shape index (κ2) is 6.94. The van der Waals surface area contributed by atoms with E-state index in [-0.39, 0.29) is 17.0 Å². The number of rotatable bonds is 4. The highest BCUT2D eigenvalue weighted by Crippen LogP contribution is 2.20. The summed E-state index contributed by atoms with van der Waals surface area (Å²) < 4.78 is 6.04. The topological polar surface area (TPSA) is 69.4 Å². The number of ether oxygens (including phenoxy) is 1. The van der Waals surface area contributed by atoms with E-state index in [2.05, 4.69) is 15.9 Å². The molecule has 0 amide bonds. The average molecular weight is 383 g/mol. The molecular weight excluding hydrogens is 370 g/mol. The highest BCUT2D eigenvalue weighted by molar-refractivity contribution is 9.10. The number of ketones is 1. The third-order valence-electron chi connectivity index (χ3n) is 3.02. The summed E-state index contributed by atoms with van der Waals surface area (Å²) in [5.74, 6) is -0.944. The van der Waals surface area contributed by atoms with E-state index in [1.54, 1.807) is 24.3 Å². The van der Waals surface area contributed by atoms with Gasteiger partial charge in [-0.2, -0.15) is 0 Å². The quantitative estimate of drug-likeness (QED) is 0.491. The maximum atomic E-state index is 12.2. The van der Waals surface area contributed by atoms with Crippen molar-refractivity contribution in [3.63, 3.8) is 0 Å². The van der Waals surface area contributed by atoms with E-state index in [0.717, 1.165) is 4.47 Å². The Bertz CT molecular complexity index is 716. The lowest BCUT2D eigenvalue weighted by Crippen LogP contribution is -2.24. The fraction of sp³-hybridized carbons (Fsp3) is 0.125. The zero-order valence-corrected chi connectivity index (χ0v) is 14.0. The molecule has 1 atom stereocenters. The number of esters is 1. The molecule has 0 heterocycles. The first-order chi connectivity index (χ1) is 10.4. The SMILES string of the molecule is C[C@@H](OC(=O)c1ccc(Cl)cc1N)C(=O)c1ccc(Br)cc1. The molecule has 2 N–H and O–H groups in total. The minimum atomic E-state index is -0.913. The molecule has 6 heteroatoms. The number of halogens is 2. The summed E-state index contributed by atoms with van der Waals surface area (Å²) in [5, 5.41) is 0.424. The maximum absolute atomic E-state index is 12.2. The number of anilines is 1. The molecule has 0 radical (unpaired) electrons. The highest BCUT2D eigenvalue weighted by atomic mass is 79.9. The Balaban J connectivity index is 2.10. The standard InChI is InChI=1S/C16H13BrClNO3/c1-9(15(20)10-2-4-11(17)5-3-10)22-16(21)13-7-6-12(18)8-14(13)19/h2-9H,19H2,1H3/t9-/m1/s1. The molecule has 2 aromatic carbocycles. The minimum Gasteiger partial charge on any atom is -0.451 e. The summed E-state index contributed by atoms with van der Waals surface area (Å²) in [6.07, 6.45) is -0.913. The van der Waals surface area contributed by atoms with Gasteiger partial charge in [0.15, 0.2) is 6.10 Å². The number of nitrogens with two attached hydrogens (primary N) is 1. The second-order valence-corrected chi connectivity index (χ2v) is 6.00. The molecule has 0 saturated carbocycles. The van der Waals surface area contributed by atoms with Crippen LogP contribution in [0.5, 0.6) is 0 Å². The van der Waals surface area contributed by atoms with Crippen molar-refractivity contribution >= 4 is 45.0 Å². The van der Waals surface area contributed by atoms with Gasteiger partial charge in [0, 0.05) is 20.7 Å². The van der Waals surface area contributed by atoms with Crippen molar-refractivity contribution < 1.29 is 14.3 Å². The number of benzene rings is 2. The van der Waals surface area contributed by atoms with Crippen LogP contribution in [0.4, 0.5) is 5.69 Å². The molecule has 0 saturated heterocycles. The minimum absolute atomic E-state index is 0.180. The molecule has 0 spiro atoms. The molecule has 0 bridgehead atoms. The third kappa shape index (κ3) is 3.87. The molecule has 0 aliphatic heterocycles. The average Bonchev–Trinajstić information content (AvgIpc) is 2.47. The predicted octanol–water partition coefficient (Wildman–Crippen LogP) is 4.11. The Labute approximate surface area is 141 Å². The zero-order chi connectivity index (χ0) is 16.3. The summed E-state index contributed by atoms with van der Waals surface area (Å²) in [6, 6.07) is 11.3. The molecule has 0 fully saturated rings. The summed E-state index contributed by atoms with van der Waals surface area (Å²) in [7, 11) is 0. The predicted molar refractivity (Wildman–Crippen MR) is 89.2 cm³/mol. The number of carbonyl (C=O) groups excluding carboxylic acids is 2. The molecule has 0 aliphatic rings. The van der Waals surface area contributed by atoms with Crippen molar-refractivity contribution in [2.75, 3.05) is 5.73 Å². The Morgan fingerprint density at radius 3 is 2.41 bits per heavy atom. The molecule has 0 aromatic heterocycles. The van der Waals surface area contributed by atoms with Gasteiger partial charge < -0.3 is 10.5 Å². The summed E-state index contributed by atoms with van der Waals surface area (Å²) >= 11 is 9.08. The fourth-order valence-electron chi connectivity index (χ4n) is 1.85. The van der Waals surface area contributed by atoms with E-state index in [1.807, 2.05) is 0 Å². The molecule has 4 nitrogen and oxygen atoms in total. The van der Waals surface area contributed by atoms with Crippen molar-refractivity contribution in [1.29, 1.82) is 0 Å². The Morgan fingerprint density at radius 1 is 1.18 bits per heavy atom. The third-order valence-corrected chi connectivity index (χ3v) is 3.78. The van der Waals surface area contributed by atoms with E-state index >= 15 is 0 Å². The van der Waals surface area contributed by atoms with Crippen LogP contribution in [-0.2, 0) is 4.74 Å². The molecule has 22 heavy (non-hydrogen) atoms. The summed E-state index contributed by atoms with van der Waals surface area (Å²) in [5.41, 5.74) is 6.58. The van der Waals surface area contributed by atoms with Gasteiger partial charge in [-0.25, -0.2) is 4.79 Å². The van der Waals surface area contributed by atoms with Gasteiger partial charge >= 0.3 is 5.97 Å². The van der Waals surface area contributed by atoms with Crippen molar-refractivity contribution in [2.24, 2.45) is 0 Å². The van der Waals surface area contributed by atoms with Crippen molar-refractivity contribution in [3.05, 3.63) is 63.1 Å². The van der Waals surface area contributed by atoms with Crippen LogP contribution >= 0.6 is 27.5 Å². The Kier molecular flexibility index (Phi) is 5.21. The van der Waals surface area contributed by atoms with E-state index < -0.39 is 12.1 Å². The van der Waals surface area contributed by atoms with Crippen LogP contribution in [0.2, 0.25) is 5.02 Å². The van der Waals surface area contributed by atoms with Crippen molar-refractivity contribution in [1.82, 2.24) is 0 Å². The normalized spacial score (nSPS) is 11.8. The van der Waals surface area contributed by atoms with Crippen molar-refractivity contribution in [2.45, 2.75) is 13.0 Å². The largest absolute Gasteiger partial charge is 0.451 e. The number of carbonyl (C=O) groups is 2. The highest BCUT2D eigenvalue weighted by Gasteiger charge is 2.21. The second-order valence-electron chi connectivity index (χ2n) is 4.65. The van der Waals surface area contributed by atoms with Gasteiger partial charge in [-0.3, -0.25) is 4.79 Å². The number of hydrogen-bond donors (Lipinski definition) is 1. The van der Waals surface area contributed by atoms with Gasteiger partial charge in [0.1, 0.15) is 0 Å². The fourth-order valence-corrected chi connectivity index (χ4v) is 2.29. The van der Waals surface area contributed by atoms with Gasteiger partial charge in [-0.1, -0.05) is 39.7 Å². The van der Waals surface area contributed by atoms with E-state index in [1.165, 1.54) is 25.1 Å². The molecule has 2 aromatic rings. The smallest absolute Gasteiger partial charge is 0.340 e. The van der Waals surface area contributed by atoms with Crippen LogP contribution in [0, 0.1) is 0 Å². The van der Waals surface area contributed by atoms with Gasteiger partial charge in [-0.15, -0.1) is 0 Å². The van der Waals surface area contributed by atoms with E-state index in [9.17, 15) is 9.59 Å². The van der Waals surface area contributed by atoms with E-state index in [4.69, 9.17) is 22.1 Å². The summed E-state index contributed by atoms with van der Waals surface area (Å²) in [6.45, 7) is 1.52. The number of nitrogen functional groups attached to an aromatic ring is 1. The molecular formula is C16H13BrClNO3. The molecule has 114 valence electrons. The van der Waals surface area contributed by atoms with Gasteiger partial charge in [0.25, 0.3) is 0 Å². The van der Waals surface area contributed by atoms with Crippen LogP contribution < -0.4 is 5.73 Å². The van der Waals surface area contributed by atoms with Crippen LogP contribution in [-0.4, -0.2) is 17.9 Å². The first-order valence-corrected chi connectivity index (χ1v) is 7.61. The van der Waals surface area contributed by atoms with Crippen LogP contribution in [0.25, 0.3) is 0 Å². The Morgan fingerprint density at radius 2 is 1.82 bits per heavy atom. The molecule has 0 aliphatic carbocycles. The summed E-state index contributed by atoms with van der Waals surface area (Å²) in [4.78, 5) is 24.3. The van der Waals surface area contributed by atoms with Crippen LogP contribution in [0.3, 0.4) is 0 Å². The molecule has 0 unspecified atom stereocenters. The lowest BCUT2D eigenvalue weighted by Gasteiger charge is -2.13. The first kappa shape index (κ1) is 16.5. The van der Waals surface area contributed by atoms with Gasteiger partial charge in [0.2, 0.25) is 5.78 Å². The lowest BCUT2D eigenvalue weighted by molar-refractivity contribution is 0.0320. The van der Waals surface area contributed by atoms with Crippen molar-refractivity contribution in [3.8, 4) is 0 Å². The maximum Gasteiger partial charge on any atom is 0.340 e. The lowest BCUT2D eigenvalue weighted by atomic mass is 10.1. The van der Waals surface area contributed by atoms with Crippen LogP contribution in [0.1, 0.15) is 27.6 Å². The van der Waals surface area contributed by atoms with Gasteiger partial charge in [0.05, 0.1) is 5.56 Å².